The molecular weight excluding hydrogens is 230 g/mol. The molecule has 0 fully saturated rings. The van der Waals surface area contributed by atoms with Gasteiger partial charge in [0.25, 0.3) is 0 Å². The van der Waals surface area contributed by atoms with Crippen LogP contribution in [-0.2, 0) is 11.2 Å². The predicted molar refractivity (Wildman–Crippen MR) is 71.2 cm³/mol. The van der Waals surface area contributed by atoms with Crippen molar-refractivity contribution in [3.05, 3.63) is 24.0 Å². The molecular formula is C13H21N3O2. The van der Waals surface area contributed by atoms with E-state index in [1.165, 1.54) is 0 Å². The van der Waals surface area contributed by atoms with Crippen molar-refractivity contribution in [3.8, 4) is 0 Å². The van der Waals surface area contributed by atoms with Crippen molar-refractivity contribution in [2.24, 2.45) is 0 Å². The van der Waals surface area contributed by atoms with Crippen molar-refractivity contribution in [1.82, 2.24) is 10.3 Å². The average Bonchev–Trinajstić information content (AvgIpc) is 2.22. The van der Waals surface area contributed by atoms with Crippen molar-refractivity contribution < 1.29 is 9.53 Å². The standard InChI is InChI=1S/C13H21N3O2/c1-13(2,3)18-12(17)16-7-4-5-11-9-10(14)6-8-15-11/h6,8-9H,4-5,7H2,1-3H3,(H2,14,15)(H,16,17). The van der Waals surface area contributed by atoms with Crippen LogP contribution >= 0.6 is 0 Å². The lowest BCUT2D eigenvalue weighted by Crippen LogP contribution is -2.33. The summed E-state index contributed by atoms with van der Waals surface area (Å²) < 4.78 is 5.12. The van der Waals surface area contributed by atoms with E-state index in [9.17, 15) is 4.79 Å². The minimum Gasteiger partial charge on any atom is -0.444 e. The fraction of sp³-hybridized carbons (Fsp3) is 0.538. The number of nitrogens with two attached hydrogens (primary N) is 1. The molecule has 0 aliphatic rings. The van der Waals surface area contributed by atoms with Gasteiger partial charge >= 0.3 is 6.09 Å². The van der Waals surface area contributed by atoms with E-state index in [4.69, 9.17) is 10.5 Å². The highest BCUT2D eigenvalue weighted by molar-refractivity contribution is 5.67. The maximum absolute atomic E-state index is 11.4. The number of anilines is 1. The highest BCUT2D eigenvalue weighted by atomic mass is 16.6. The van der Waals surface area contributed by atoms with Crippen molar-refractivity contribution in [2.45, 2.75) is 39.2 Å². The molecule has 0 atom stereocenters. The van der Waals surface area contributed by atoms with Crippen molar-refractivity contribution in [1.29, 1.82) is 0 Å². The fourth-order valence-electron chi connectivity index (χ4n) is 1.41. The molecule has 18 heavy (non-hydrogen) atoms. The van der Waals surface area contributed by atoms with Gasteiger partial charge in [0.15, 0.2) is 0 Å². The smallest absolute Gasteiger partial charge is 0.407 e. The summed E-state index contributed by atoms with van der Waals surface area (Å²) in [6.07, 6.45) is 2.88. The molecule has 3 N–H and O–H groups in total. The Hall–Kier alpha value is -1.78. The number of carbonyl (C=O) groups is 1. The first kappa shape index (κ1) is 14.3. The van der Waals surface area contributed by atoms with Crippen molar-refractivity contribution >= 4 is 11.8 Å². The Morgan fingerprint density at radius 1 is 1.50 bits per heavy atom. The molecule has 0 saturated heterocycles. The number of nitrogens with zero attached hydrogens (tertiary/aromatic N) is 1. The van der Waals surface area contributed by atoms with Crippen LogP contribution in [0, 0.1) is 0 Å². The second-order valence-corrected chi connectivity index (χ2v) is 5.11. The molecule has 0 saturated carbocycles. The van der Waals surface area contributed by atoms with Gasteiger partial charge in [-0.05, 0) is 45.7 Å². The second-order valence-electron chi connectivity index (χ2n) is 5.11. The van der Waals surface area contributed by atoms with Gasteiger partial charge in [-0.2, -0.15) is 0 Å². The molecule has 0 unspecified atom stereocenters. The minimum atomic E-state index is -0.459. The molecule has 100 valence electrons. The van der Waals surface area contributed by atoms with E-state index < -0.39 is 5.60 Å². The van der Waals surface area contributed by atoms with Crippen LogP contribution in [0.3, 0.4) is 0 Å². The molecule has 1 aromatic heterocycles. The molecule has 1 heterocycles. The van der Waals surface area contributed by atoms with Crippen LogP contribution in [0.25, 0.3) is 0 Å². The number of amides is 1. The first-order valence-electron chi connectivity index (χ1n) is 6.04. The summed E-state index contributed by atoms with van der Waals surface area (Å²) in [7, 11) is 0. The van der Waals surface area contributed by atoms with Crippen molar-refractivity contribution in [3.63, 3.8) is 0 Å². The second kappa shape index (κ2) is 6.23. The van der Waals surface area contributed by atoms with Crippen LogP contribution in [0.1, 0.15) is 32.9 Å². The van der Waals surface area contributed by atoms with Crippen LogP contribution < -0.4 is 11.1 Å². The van der Waals surface area contributed by atoms with Crippen LogP contribution in [0.5, 0.6) is 0 Å². The minimum absolute atomic E-state index is 0.386. The normalized spacial score (nSPS) is 11.1. The Labute approximate surface area is 108 Å². The number of aryl methyl sites for hydroxylation is 1. The number of hydrogen-bond donors (Lipinski definition) is 2. The number of pyridine rings is 1. The number of nitrogens with one attached hydrogen (secondary N) is 1. The van der Waals surface area contributed by atoms with Gasteiger partial charge < -0.3 is 15.8 Å². The van der Waals surface area contributed by atoms with E-state index in [0.717, 1.165) is 18.5 Å². The van der Waals surface area contributed by atoms with Gasteiger partial charge in [0, 0.05) is 24.1 Å². The monoisotopic (exact) mass is 251 g/mol. The van der Waals surface area contributed by atoms with Gasteiger partial charge in [0.05, 0.1) is 0 Å². The number of carbonyl (C=O) groups excluding carboxylic acids is 1. The molecule has 0 radical (unpaired) electrons. The maximum Gasteiger partial charge on any atom is 0.407 e. The maximum atomic E-state index is 11.4. The summed E-state index contributed by atoms with van der Waals surface area (Å²) >= 11 is 0. The fourth-order valence-corrected chi connectivity index (χ4v) is 1.41. The molecule has 1 aromatic rings. The predicted octanol–water partition coefficient (Wildman–Crippen LogP) is 2.12. The summed E-state index contributed by atoms with van der Waals surface area (Å²) in [6, 6.07) is 3.59. The Kier molecular flexibility index (Phi) is 4.95. The lowest BCUT2D eigenvalue weighted by atomic mass is 10.2. The van der Waals surface area contributed by atoms with Crippen molar-refractivity contribution in [2.75, 3.05) is 12.3 Å². The molecule has 0 spiro atoms. The quantitative estimate of drug-likeness (QED) is 0.803. The molecule has 1 amide bonds. The average molecular weight is 251 g/mol. The highest BCUT2D eigenvalue weighted by Crippen LogP contribution is 2.07. The Morgan fingerprint density at radius 2 is 2.22 bits per heavy atom. The topological polar surface area (TPSA) is 77.2 Å². The van der Waals surface area contributed by atoms with E-state index in [1.54, 1.807) is 12.3 Å². The molecule has 0 aromatic carbocycles. The third-order valence-electron chi connectivity index (χ3n) is 2.12. The summed E-state index contributed by atoms with van der Waals surface area (Å²) in [5.74, 6) is 0. The van der Waals surface area contributed by atoms with Gasteiger partial charge in [-0.3, -0.25) is 4.98 Å². The number of rotatable bonds is 4. The zero-order valence-corrected chi connectivity index (χ0v) is 11.2. The first-order valence-corrected chi connectivity index (χ1v) is 6.04. The molecule has 1 rings (SSSR count). The third kappa shape index (κ3) is 6.08. The SMILES string of the molecule is CC(C)(C)OC(=O)NCCCc1cc(N)ccn1. The molecule has 0 aliphatic carbocycles. The summed E-state index contributed by atoms with van der Waals surface area (Å²) in [4.78, 5) is 15.5. The number of hydrogen-bond acceptors (Lipinski definition) is 4. The van der Waals surface area contributed by atoms with Crippen LogP contribution in [-0.4, -0.2) is 23.2 Å². The molecule has 0 bridgehead atoms. The van der Waals surface area contributed by atoms with Crippen LogP contribution in [0.2, 0.25) is 0 Å². The Balaban J connectivity index is 2.21. The number of ether oxygens (including phenoxy) is 1. The van der Waals surface area contributed by atoms with E-state index in [2.05, 4.69) is 10.3 Å². The summed E-state index contributed by atoms with van der Waals surface area (Å²) in [5, 5.41) is 2.70. The number of alkyl carbamates (subject to hydrolysis) is 1. The van der Waals surface area contributed by atoms with E-state index >= 15 is 0 Å². The van der Waals surface area contributed by atoms with Gasteiger partial charge in [-0.15, -0.1) is 0 Å². The van der Waals surface area contributed by atoms with Gasteiger partial charge in [-0.25, -0.2) is 4.79 Å². The van der Waals surface area contributed by atoms with E-state index in [1.807, 2.05) is 26.8 Å². The summed E-state index contributed by atoms with van der Waals surface area (Å²) in [5.41, 5.74) is 6.83. The Morgan fingerprint density at radius 3 is 2.83 bits per heavy atom. The van der Waals surface area contributed by atoms with E-state index in [-0.39, 0.29) is 6.09 Å². The first-order chi connectivity index (χ1) is 8.37. The zero-order valence-electron chi connectivity index (χ0n) is 11.2. The van der Waals surface area contributed by atoms with Crippen LogP contribution in [0.15, 0.2) is 18.3 Å². The summed E-state index contributed by atoms with van der Waals surface area (Å²) in [6.45, 7) is 6.07. The van der Waals surface area contributed by atoms with Gasteiger partial charge in [-0.1, -0.05) is 0 Å². The lowest BCUT2D eigenvalue weighted by Gasteiger charge is -2.19. The Bertz CT molecular complexity index is 399. The molecule has 5 heteroatoms. The van der Waals surface area contributed by atoms with Gasteiger partial charge in [0.2, 0.25) is 0 Å². The number of nitrogen functional groups attached to an aromatic ring is 1. The number of aromatic nitrogens is 1. The van der Waals surface area contributed by atoms with Crippen LogP contribution in [0.4, 0.5) is 10.5 Å². The van der Waals surface area contributed by atoms with E-state index in [0.29, 0.717) is 12.2 Å². The van der Waals surface area contributed by atoms with Gasteiger partial charge in [0.1, 0.15) is 5.60 Å². The zero-order chi connectivity index (χ0) is 13.6. The highest BCUT2D eigenvalue weighted by Gasteiger charge is 2.15. The molecule has 0 aliphatic heterocycles. The third-order valence-corrected chi connectivity index (χ3v) is 2.12. The lowest BCUT2D eigenvalue weighted by molar-refractivity contribution is 0.0527. The largest absolute Gasteiger partial charge is 0.444 e. The molecule has 5 nitrogen and oxygen atoms in total.